The number of phenolic OH excluding ortho intramolecular Hbond substituents is 1. The largest absolute Gasteiger partial charge is 0.510 e. The number of likely N-dealkylation sites (N-methyl/N-ethyl adjacent to an activating group) is 1. The molecular formula is C30H35N3O8. The van der Waals surface area contributed by atoms with Crippen LogP contribution in [0.5, 0.6) is 11.5 Å². The average molecular weight is 566 g/mol. The lowest BCUT2D eigenvalue weighted by molar-refractivity contribution is -0.148. The van der Waals surface area contributed by atoms with E-state index >= 15 is 0 Å². The maximum absolute atomic E-state index is 14.1. The maximum Gasteiger partial charge on any atom is 0.255 e. The van der Waals surface area contributed by atoms with Gasteiger partial charge in [-0.25, -0.2) is 0 Å². The third-order valence-electron chi connectivity index (χ3n) is 8.67. The summed E-state index contributed by atoms with van der Waals surface area (Å²) in [5.74, 6) is -6.42. The predicted molar refractivity (Wildman–Crippen MR) is 150 cm³/mol. The first-order chi connectivity index (χ1) is 19.4. The molecule has 3 aliphatic rings. The normalized spacial score (nSPS) is 25.9. The minimum Gasteiger partial charge on any atom is -0.510 e. The number of primary amides is 1. The second-order valence-electron chi connectivity index (χ2n) is 11.3. The lowest BCUT2D eigenvalue weighted by Gasteiger charge is -2.50. The number of benzene rings is 2. The number of hydrogen-bond donors (Lipinski definition) is 6. The zero-order valence-corrected chi connectivity index (χ0v) is 23.4. The number of carbonyl (C=O) groups is 3. The Bertz CT molecular complexity index is 1560. The molecule has 11 nitrogen and oxygen atoms in total. The van der Waals surface area contributed by atoms with Crippen molar-refractivity contribution >= 4 is 28.2 Å². The highest BCUT2D eigenvalue weighted by Crippen LogP contribution is 2.54. The van der Waals surface area contributed by atoms with E-state index in [-0.39, 0.29) is 29.7 Å². The van der Waals surface area contributed by atoms with Gasteiger partial charge in [0.15, 0.2) is 11.4 Å². The van der Waals surface area contributed by atoms with Crippen molar-refractivity contribution < 1.29 is 39.5 Å². The molecular weight excluding hydrogens is 530 g/mol. The molecule has 2 aromatic carbocycles. The number of rotatable bonds is 7. The number of aliphatic hydroxyl groups is 3. The molecule has 1 amide bonds. The van der Waals surface area contributed by atoms with Gasteiger partial charge in [0.1, 0.15) is 28.6 Å². The quantitative estimate of drug-likeness (QED) is 0.214. The fourth-order valence-electron chi connectivity index (χ4n) is 6.88. The molecule has 0 heterocycles. The Balaban J connectivity index is 1.71. The van der Waals surface area contributed by atoms with E-state index in [4.69, 9.17) is 10.5 Å². The molecule has 7 N–H and O–H groups in total. The third-order valence-corrected chi connectivity index (χ3v) is 8.67. The number of ketones is 2. The molecule has 0 fully saturated rings. The van der Waals surface area contributed by atoms with E-state index in [1.165, 1.54) is 12.0 Å². The molecule has 5 rings (SSSR count). The molecule has 0 aliphatic heterocycles. The van der Waals surface area contributed by atoms with Crippen LogP contribution in [-0.4, -0.2) is 82.2 Å². The van der Waals surface area contributed by atoms with Gasteiger partial charge in [-0.15, -0.1) is 0 Å². The summed E-state index contributed by atoms with van der Waals surface area (Å²) >= 11 is 0. The van der Waals surface area contributed by atoms with E-state index in [0.717, 1.165) is 18.5 Å². The van der Waals surface area contributed by atoms with Crippen molar-refractivity contribution in [2.75, 3.05) is 27.7 Å². The van der Waals surface area contributed by atoms with Crippen molar-refractivity contribution in [2.45, 2.75) is 44.4 Å². The number of Topliss-reactive ketones (excluding diaryl/α,β-unsaturated/α-hetero) is 2. The molecule has 2 aromatic rings. The van der Waals surface area contributed by atoms with Crippen LogP contribution < -0.4 is 15.8 Å². The van der Waals surface area contributed by atoms with E-state index in [0.29, 0.717) is 28.6 Å². The van der Waals surface area contributed by atoms with E-state index in [1.807, 2.05) is 12.1 Å². The molecule has 0 spiro atoms. The summed E-state index contributed by atoms with van der Waals surface area (Å²) in [5, 5.41) is 49.9. The third kappa shape index (κ3) is 4.02. The van der Waals surface area contributed by atoms with E-state index in [1.54, 1.807) is 20.2 Å². The van der Waals surface area contributed by atoms with Gasteiger partial charge in [0.05, 0.1) is 18.7 Å². The highest BCUT2D eigenvalue weighted by molar-refractivity contribution is 6.25. The lowest BCUT2D eigenvalue weighted by Crippen LogP contribution is -2.63. The first kappa shape index (κ1) is 28.6. The summed E-state index contributed by atoms with van der Waals surface area (Å²) in [6, 6.07) is 4.47. The summed E-state index contributed by atoms with van der Waals surface area (Å²) in [4.78, 5) is 41.2. The van der Waals surface area contributed by atoms with Gasteiger partial charge in [0, 0.05) is 34.4 Å². The van der Waals surface area contributed by atoms with Crippen LogP contribution in [0.2, 0.25) is 0 Å². The van der Waals surface area contributed by atoms with Gasteiger partial charge in [-0.3, -0.25) is 19.3 Å². The summed E-state index contributed by atoms with van der Waals surface area (Å²) in [7, 11) is 4.66. The molecule has 4 atom stereocenters. The first-order valence-corrected chi connectivity index (χ1v) is 13.6. The van der Waals surface area contributed by atoms with Crippen LogP contribution in [0.3, 0.4) is 0 Å². The highest BCUT2D eigenvalue weighted by atomic mass is 16.5. The van der Waals surface area contributed by atoms with Gasteiger partial charge in [-0.2, -0.15) is 0 Å². The van der Waals surface area contributed by atoms with E-state index in [9.17, 15) is 34.8 Å². The van der Waals surface area contributed by atoms with Crippen LogP contribution >= 0.6 is 0 Å². The summed E-state index contributed by atoms with van der Waals surface area (Å²) in [6.45, 7) is 3.42. The molecule has 0 saturated heterocycles. The van der Waals surface area contributed by atoms with Crippen molar-refractivity contribution in [3.05, 3.63) is 57.6 Å². The van der Waals surface area contributed by atoms with Gasteiger partial charge >= 0.3 is 0 Å². The van der Waals surface area contributed by atoms with Crippen LogP contribution in [0.15, 0.2) is 40.9 Å². The Kier molecular flexibility index (Phi) is 7.09. The average Bonchev–Trinajstić information content (AvgIpc) is 2.91. The second kappa shape index (κ2) is 10.2. The Labute approximate surface area is 236 Å². The Morgan fingerprint density at radius 2 is 1.90 bits per heavy atom. The molecule has 0 aromatic heterocycles. The van der Waals surface area contributed by atoms with Crippen molar-refractivity contribution in [2.24, 2.45) is 17.6 Å². The number of allylic oxidation sites excluding steroid dienone is 1. The molecule has 0 radical (unpaired) electrons. The minimum absolute atomic E-state index is 0.00967. The number of methoxy groups -OCH3 is 1. The monoisotopic (exact) mass is 565 g/mol. The number of aromatic hydroxyl groups is 1. The van der Waals surface area contributed by atoms with E-state index in [2.05, 4.69) is 12.2 Å². The zero-order valence-electron chi connectivity index (χ0n) is 23.4. The second-order valence-corrected chi connectivity index (χ2v) is 11.3. The molecule has 41 heavy (non-hydrogen) atoms. The van der Waals surface area contributed by atoms with Crippen LogP contribution in [-0.2, 0) is 22.6 Å². The number of amides is 1. The van der Waals surface area contributed by atoms with Gasteiger partial charge in [-0.05, 0) is 57.5 Å². The Hall–Kier alpha value is -3.93. The summed E-state index contributed by atoms with van der Waals surface area (Å²) < 4.78 is 5.77. The fraction of sp³-hybridized carbons (Fsp3) is 0.433. The number of nitrogens with one attached hydrogen (secondary N) is 1. The standard InChI is InChI=1S/C30H35N3O8/c1-5-8-32-12-13-6-7-15-16(9-13)23(34)20-17(26(15)41-4)10-14-11-18-22(33(2)3)25(36)21(29(31)39)28(38)30(18,40)27(37)19(14)24(20)35/h6-7,9,14,18,22,32,34,36-37,40H,5,8,10-12H2,1-4H3,(H2,31,39)/t14-,18-,22-,30-/m0/s1. The smallest absolute Gasteiger partial charge is 0.255 e. The molecule has 0 bridgehead atoms. The number of ether oxygens (including phenoxy) is 1. The van der Waals surface area contributed by atoms with Crippen LogP contribution in [0.25, 0.3) is 10.8 Å². The maximum atomic E-state index is 14.1. The molecule has 3 aliphatic carbocycles. The summed E-state index contributed by atoms with van der Waals surface area (Å²) in [5.41, 5.74) is 2.93. The zero-order chi connectivity index (χ0) is 30.0. The first-order valence-electron chi connectivity index (χ1n) is 13.6. The summed E-state index contributed by atoms with van der Waals surface area (Å²) in [6.07, 6.45) is 1.12. The number of carbonyl (C=O) groups excluding carboxylic acids is 3. The fourth-order valence-corrected chi connectivity index (χ4v) is 6.88. The SMILES string of the molecule is CCCNCc1ccc2c(OC)c3c(c(O)c2c1)C(=O)C1=C(O)[C@]2(O)C(=O)C(C(N)=O)=C(O)[C@@H](N(C)C)[C@@H]2C[C@@H]1C3. The van der Waals surface area contributed by atoms with Gasteiger partial charge in [0.25, 0.3) is 5.91 Å². The van der Waals surface area contributed by atoms with Gasteiger partial charge < -0.3 is 36.2 Å². The van der Waals surface area contributed by atoms with Crippen LogP contribution in [0.1, 0.15) is 41.3 Å². The van der Waals surface area contributed by atoms with Crippen molar-refractivity contribution in [3.8, 4) is 11.5 Å². The minimum atomic E-state index is -2.68. The number of aliphatic hydroxyl groups excluding tert-OH is 2. The highest BCUT2D eigenvalue weighted by Gasteiger charge is 2.63. The molecule has 0 unspecified atom stereocenters. The molecule has 218 valence electrons. The Morgan fingerprint density at radius 1 is 1.20 bits per heavy atom. The number of hydrogen-bond acceptors (Lipinski definition) is 10. The Morgan fingerprint density at radius 3 is 2.51 bits per heavy atom. The number of nitrogens with two attached hydrogens (primary N) is 1. The van der Waals surface area contributed by atoms with Crippen LogP contribution in [0, 0.1) is 11.8 Å². The predicted octanol–water partition coefficient (Wildman–Crippen LogP) is 1.78. The molecule has 11 heteroatoms. The topological polar surface area (TPSA) is 183 Å². The molecule has 0 saturated carbocycles. The van der Waals surface area contributed by atoms with Crippen molar-refractivity contribution in [1.29, 1.82) is 0 Å². The van der Waals surface area contributed by atoms with Gasteiger partial charge in [0.2, 0.25) is 5.78 Å². The number of nitrogens with zero attached hydrogens (tertiary/aromatic N) is 1. The number of phenols is 1. The van der Waals surface area contributed by atoms with E-state index < -0.39 is 58.0 Å². The van der Waals surface area contributed by atoms with Crippen molar-refractivity contribution in [3.63, 3.8) is 0 Å². The number of fused-ring (bicyclic) bond motifs is 4. The van der Waals surface area contributed by atoms with Crippen LogP contribution in [0.4, 0.5) is 0 Å². The van der Waals surface area contributed by atoms with Crippen molar-refractivity contribution in [1.82, 2.24) is 10.2 Å². The van der Waals surface area contributed by atoms with Gasteiger partial charge in [-0.1, -0.05) is 19.1 Å². The lowest BCUT2D eigenvalue weighted by atomic mass is 9.58.